The second kappa shape index (κ2) is 6.30. The van der Waals surface area contributed by atoms with E-state index < -0.39 is 0 Å². The van der Waals surface area contributed by atoms with Gasteiger partial charge in [0.25, 0.3) is 0 Å². The van der Waals surface area contributed by atoms with Crippen LogP contribution >= 0.6 is 0 Å². The molecule has 1 aromatic carbocycles. The van der Waals surface area contributed by atoms with Crippen LogP contribution in [-0.2, 0) is 0 Å². The summed E-state index contributed by atoms with van der Waals surface area (Å²) >= 11 is 0. The van der Waals surface area contributed by atoms with Gasteiger partial charge in [0.1, 0.15) is 5.75 Å². The van der Waals surface area contributed by atoms with Crippen molar-refractivity contribution in [3.8, 4) is 5.75 Å². The molecule has 0 bridgehead atoms. The van der Waals surface area contributed by atoms with Crippen molar-refractivity contribution in [1.82, 2.24) is 0 Å². The molecule has 0 amide bonds. The zero-order chi connectivity index (χ0) is 11.1. The van der Waals surface area contributed by atoms with E-state index in [1.54, 1.807) is 12.1 Å². The lowest BCUT2D eigenvalue weighted by Gasteiger charge is -2.13. The van der Waals surface area contributed by atoms with Crippen LogP contribution in [0.3, 0.4) is 0 Å². The van der Waals surface area contributed by atoms with Crippen LogP contribution < -0.4 is 11.1 Å². The maximum absolute atomic E-state index is 9.25. The summed E-state index contributed by atoms with van der Waals surface area (Å²) in [6, 6.07) is 7.28. The lowest BCUT2D eigenvalue weighted by Crippen LogP contribution is -2.28. The Balaban J connectivity index is 2.30. The molecule has 0 fully saturated rings. The molecule has 1 aromatic rings. The molecule has 0 saturated heterocycles. The van der Waals surface area contributed by atoms with Gasteiger partial charge in [-0.15, -0.1) is 0 Å². The summed E-state index contributed by atoms with van der Waals surface area (Å²) in [5.74, 6) is 0.280. The molecular formula is C12H20N2O. The second-order valence-electron chi connectivity index (χ2n) is 3.83. The minimum absolute atomic E-state index is 0.187. The second-order valence-corrected chi connectivity index (χ2v) is 3.83. The van der Waals surface area contributed by atoms with Crippen molar-refractivity contribution < 1.29 is 5.11 Å². The third kappa shape index (κ3) is 4.70. The monoisotopic (exact) mass is 208 g/mol. The van der Waals surface area contributed by atoms with Gasteiger partial charge in [-0.25, -0.2) is 0 Å². The summed E-state index contributed by atoms with van der Waals surface area (Å²) in [4.78, 5) is 0. The Bertz CT molecular complexity index is 289. The van der Waals surface area contributed by atoms with E-state index in [2.05, 4.69) is 12.2 Å². The first-order chi connectivity index (χ1) is 7.22. The predicted molar refractivity (Wildman–Crippen MR) is 64.1 cm³/mol. The molecule has 4 N–H and O–H groups in total. The minimum atomic E-state index is 0.187. The van der Waals surface area contributed by atoms with Gasteiger partial charge < -0.3 is 16.2 Å². The van der Waals surface area contributed by atoms with Crippen molar-refractivity contribution in [3.05, 3.63) is 24.3 Å². The van der Waals surface area contributed by atoms with E-state index in [0.29, 0.717) is 0 Å². The molecule has 1 atom stereocenters. The highest BCUT2D eigenvalue weighted by Crippen LogP contribution is 2.15. The number of aromatic hydroxyl groups is 1. The Morgan fingerprint density at radius 2 is 2.27 bits per heavy atom. The van der Waals surface area contributed by atoms with Crippen LogP contribution in [0.4, 0.5) is 5.69 Å². The number of nitrogens with one attached hydrogen (secondary N) is 1. The van der Waals surface area contributed by atoms with Crippen molar-refractivity contribution >= 4 is 5.69 Å². The first-order valence-electron chi connectivity index (χ1n) is 5.51. The average molecular weight is 208 g/mol. The van der Waals surface area contributed by atoms with Crippen molar-refractivity contribution in [2.45, 2.75) is 32.2 Å². The SMILES string of the molecule is CCCCC(N)CNc1cccc(O)c1. The van der Waals surface area contributed by atoms with Gasteiger partial charge in [-0.3, -0.25) is 0 Å². The zero-order valence-corrected chi connectivity index (χ0v) is 9.24. The molecule has 3 nitrogen and oxygen atoms in total. The van der Waals surface area contributed by atoms with E-state index in [-0.39, 0.29) is 11.8 Å². The average Bonchev–Trinajstić information content (AvgIpc) is 2.23. The van der Waals surface area contributed by atoms with E-state index in [1.165, 1.54) is 12.8 Å². The largest absolute Gasteiger partial charge is 0.508 e. The number of benzene rings is 1. The predicted octanol–water partition coefficient (Wildman–Crippen LogP) is 2.32. The molecule has 1 rings (SSSR count). The van der Waals surface area contributed by atoms with Gasteiger partial charge in [-0.2, -0.15) is 0 Å². The molecule has 0 spiro atoms. The van der Waals surface area contributed by atoms with E-state index in [9.17, 15) is 5.11 Å². The van der Waals surface area contributed by atoms with Crippen LogP contribution in [0.5, 0.6) is 5.75 Å². The number of phenols is 1. The van der Waals surface area contributed by atoms with Crippen LogP contribution in [-0.4, -0.2) is 17.7 Å². The summed E-state index contributed by atoms with van der Waals surface area (Å²) in [5, 5.41) is 12.5. The Labute approximate surface area is 91.3 Å². The molecule has 3 heteroatoms. The van der Waals surface area contributed by atoms with Gasteiger partial charge in [-0.05, 0) is 18.6 Å². The highest BCUT2D eigenvalue weighted by Gasteiger charge is 2.01. The van der Waals surface area contributed by atoms with Crippen LogP contribution in [0.25, 0.3) is 0 Å². The number of rotatable bonds is 6. The zero-order valence-electron chi connectivity index (χ0n) is 9.24. The smallest absolute Gasteiger partial charge is 0.117 e. The molecule has 0 heterocycles. The van der Waals surface area contributed by atoms with E-state index in [0.717, 1.165) is 18.7 Å². The highest BCUT2D eigenvalue weighted by molar-refractivity contribution is 5.47. The third-order valence-corrected chi connectivity index (χ3v) is 2.34. The third-order valence-electron chi connectivity index (χ3n) is 2.34. The van der Waals surface area contributed by atoms with Gasteiger partial charge in [0.05, 0.1) is 0 Å². The molecule has 0 aliphatic rings. The maximum atomic E-state index is 9.25. The number of hydrogen-bond acceptors (Lipinski definition) is 3. The topological polar surface area (TPSA) is 58.3 Å². The number of nitrogens with two attached hydrogens (primary N) is 1. The molecule has 0 radical (unpaired) electrons. The number of phenolic OH excluding ortho intramolecular Hbond substituents is 1. The fourth-order valence-corrected chi connectivity index (χ4v) is 1.43. The van der Waals surface area contributed by atoms with Gasteiger partial charge in [-0.1, -0.05) is 25.8 Å². The van der Waals surface area contributed by atoms with E-state index in [1.807, 2.05) is 12.1 Å². The quantitative estimate of drug-likeness (QED) is 0.672. The van der Waals surface area contributed by atoms with Gasteiger partial charge in [0, 0.05) is 24.3 Å². The fraction of sp³-hybridized carbons (Fsp3) is 0.500. The van der Waals surface area contributed by atoms with Gasteiger partial charge >= 0.3 is 0 Å². The molecule has 1 unspecified atom stereocenters. The van der Waals surface area contributed by atoms with Gasteiger partial charge in [0.15, 0.2) is 0 Å². The lowest BCUT2D eigenvalue weighted by molar-refractivity contribution is 0.475. The molecule has 0 aliphatic carbocycles. The van der Waals surface area contributed by atoms with Crippen molar-refractivity contribution in [2.24, 2.45) is 5.73 Å². The van der Waals surface area contributed by atoms with Crippen LogP contribution in [0.2, 0.25) is 0 Å². The Morgan fingerprint density at radius 1 is 1.47 bits per heavy atom. The summed E-state index contributed by atoms with van der Waals surface area (Å²) < 4.78 is 0. The lowest BCUT2D eigenvalue weighted by atomic mass is 10.1. The molecular weight excluding hydrogens is 188 g/mol. The number of unbranched alkanes of at least 4 members (excludes halogenated alkanes) is 1. The summed E-state index contributed by atoms with van der Waals surface area (Å²) in [6.45, 7) is 2.92. The Hall–Kier alpha value is -1.22. The first-order valence-corrected chi connectivity index (χ1v) is 5.51. The number of anilines is 1. The minimum Gasteiger partial charge on any atom is -0.508 e. The van der Waals surface area contributed by atoms with E-state index >= 15 is 0 Å². The van der Waals surface area contributed by atoms with Crippen molar-refractivity contribution in [3.63, 3.8) is 0 Å². The molecule has 0 saturated carbocycles. The summed E-state index contributed by atoms with van der Waals surface area (Å²) in [5.41, 5.74) is 6.84. The van der Waals surface area contributed by atoms with Crippen molar-refractivity contribution in [1.29, 1.82) is 0 Å². The maximum Gasteiger partial charge on any atom is 0.117 e. The number of hydrogen-bond donors (Lipinski definition) is 3. The standard InChI is InChI=1S/C12H20N2O/c1-2-3-5-10(13)9-14-11-6-4-7-12(15)8-11/h4,6-8,10,14-15H,2-3,5,9,13H2,1H3. The Kier molecular flexibility index (Phi) is 4.98. The fourth-order valence-electron chi connectivity index (χ4n) is 1.43. The van der Waals surface area contributed by atoms with Gasteiger partial charge in [0.2, 0.25) is 0 Å². The molecule has 0 aromatic heterocycles. The Morgan fingerprint density at radius 3 is 2.93 bits per heavy atom. The summed E-state index contributed by atoms with van der Waals surface area (Å²) in [7, 11) is 0. The first kappa shape index (κ1) is 11.9. The highest BCUT2D eigenvalue weighted by atomic mass is 16.3. The molecule has 0 aliphatic heterocycles. The normalized spacial score (nSPS) is 12.4. The van der Waals surface area contributed by atoms with Crippen LogP contribution in [0.15, 0.2) is 24.3 Å². The van der Waals surface area contributed by atoms with Crippen molar-refractivity contribution in [2.75, 3.05) is 11.9 Å². The van der Waals surface area contributed by atoms with Crippen LogP contribution in [0.1, 0.15) is 26.2 Å². The van der Waals surface area contributed by atoms with Crippen LogP contribution in [0, 0.1) is 0 Å². The molecule has 15 heavy (non-hydrogen) atoms. The summed E-state index contributed by atoms with van der Waals surface area (Å²) in [6.07, 6.45) is 3.39. The molecule has 84 valence electrons. The van der Waals surface area contributed by atoms with E-state index in [4.69, 9.17) is 5.73 Å².